The predicted molar refractivity (Wildman–Crippen MR) is 63.1 cm³/mol. The molecule has 7 heteroatoms. The highest BCUT2D eigenvalue weighted by Gasteiger charge is 2.18. The van der Waals surface area contributed by atoms with E-state index in [1.807, 2.05) is 0 Å². The standard InChI is InChI=1S/C9H12BrN3O3/c10-7-4-5(13(15)16)3-6(9(7)14)8(12)1-2-11/h3-4,8,14H,1-2,11-12H2/t8-/m1/s1. The van der Waals surface area contributed by atoms with Crippen LogP contribution in [0, 0.1) is 10.1 Å². The molecule has 0 aromatic heterocycles. The van der Waals surface area contributed by atoms with Crippen LogP contribution in [0.2, 0.25) is 0 Å². The molecule has 1 aromatic rings. The molecular weight excluding hydrogens is 278 g/mol. The van der Waals surface area contributed by atoms with E-state index in [-0.39, 0.29) is 15.9 Å². The maximum Gasteiger partial charge on any atom is 0.271 e. The van der Waals surface area contributed by atoms with Gasteiger partial charge in [0.1, 0.15) is 5.75 Å². The van der Waals surface area contributed by atoms with E-state index in [9.17, 15) is 15.2 Å². The number of nitro groups is 1. The molecule has 0 heterocycles. The number of rotatable bonds is 4. The Labute approximate surface area is 101 Å². The van der Waals surface area contributed by atoms with Crippen LogP contribution in [0.1, 0.15) is 18.0 Å². The summed E-state index contributed by atoms with van der Waals surface area (Å²) in [6.07, 6.45) is 0.446. The fourth-order valence-electron chi connectivity index (χ4n) is 1.33. The highest BCUT2D eigenvalue weighted by atomic mass is 79.9. The molecule has 0 unspecified atom stereocenters. The van der Waals surface area contributed by atoms with Crippen LogP contribution in [-0.2, 0) is 0 Å². The van der Waals surface area contributed by atoms with Crippen LogP contribution < -0.4 is 11.5 Å². The van der Waals surface area contributed by atoms with Crippen molar-refractivity contribution < 1.29 is 10.0 Å². The van der Waals surface area contributed by atoms with E-state index < -0.39 is 11.0 Å². The van der Waals surface area contributed by atoms with Crippen LogP contribution in [-0.4, -0.2) is 16.6 Å². The minimum atomic E-state index is -0.539. The maximum atomic E-state index is 10.6. The molecular formula is C9H12BrN3O3. The molecule has 0 saturated carbocycles. The third-order valence-electron chi connectivity index (χ3n) is 2.17. The molecule has 0 aliphatic carbocycles. The Hall–Kier alpha value is -1.18. The number of nitrogens with zero attached hydrogens (tertiary/aromatic N) is 1. The molecule has 0 aliphatic rings. The molecule has 0 fully saturated rings. The van der Waals surface area contributed by atoms with Crippen LogP contribution in [0.5, 0.6) is 5.75 Å². The summed E-state index contributed by atoms with van der Waals surface area (Å²) in [5.41, 5.74) is 11.3. The first kappa shape index (κ1) is 12.9. The SMILES string of the molecule is NCC[C@@H](N)c1cc([N+](=O)[O-])cc(Br)c1O. The van der Waals surface area contributed by atoms with Crippen molar-refractivity contribution in [1.29, 1.82) is 0 Å². The Morgan fingerprint density at radius 1 is 1.56 bits per heavy atom. The van der Waals surface area contributed by atoms with Gasteiger partial charge in [-0.3, -0.25) is 10.1 Å². The average molecular weight is 290 g/mol. The minimum Gasteiger partial charge on any atom is -0.506 e. The number of benzene rings is 1. The number of nitro benzene ring substituents is 1. The lowest BCUT2D eigenvalue weighted by Crippen LogP contribution is -2.15. The van der Waals surface area contributed by atoms with Crippen molar-refractivity contribution >= 4 is 21.6 Å². The van der Waals surface area contributed by atoms with Crippen LogP contribution in [0.4, 0.5) is 5.69 Å². The summed E-state index contributed by atoms with van der Waals surface area (Å²) in [7, 11) is 0. The zero-order chi connectivity index (χ0) is 12.3. The van der Waals surface area contributed by atoms with Gasteiger partial charge < -0.3 is 16.6 Å². The van der Waals surface area contributed by atoms with Crippen molar-refractivity contribution in [2.24, 2.45) is 11.5 Å². The normalized spacial score (nSPS) is 12.4. The minimum absolute atomic E-state index is 0.0773. The zero-order valence-corrected chi connectivity index (χ0v) is 9.98. The number of nitrogens with two attached hydrogens (primary N) is 2. The molecule has 0 spiro atoms. The van der Waals surface area contributed by atoms with Gasteiger partial charge in [0.15, 0.2) is 0 Å². The summed E-state index contributed by atoms with van der Waals surface area (Å²) in [6, 6.07) is 1.98. The third kappa shape index (κ3) is 2.69. The second-order valence-electron chi connectivity index (χ2n) is 3.31. The number of halogens is 1. The Morgan fingerprint density at radius 3 is 2.69 bits per heavy atom. The largest absolute Gasteiger partial charge is 0.506 e. The van der Waals surface area contributed by atoms with Gasteiger partial charge in [-0.15, -0.1) is 0 Å². The Morgan fingerprint density at radius 2 is 2.19 bits per heavy atom. The van der Waals surface area contributed by atoms with E-state index in [0.717, 1.165) is 0 Å². The second kappa shape index (κ2) is 5.24. The number of hydrogen-bond acceptors (Lipinski definition) is 5. The van der Waals surface area contributed by atoms with Gasteiger partial charge in [0.2, 0.25) is 0 Å². The van der Waals surface area contributed by atoms with Crippen LogP contribution >= 0.6 is 15.9 Å². The fraction of sp³-hybridized carbons (Fsp3) is 0.333. The van der Waals surface area contributed by atoms with Crippen molar-refractivity contribution in [2.75, 3.05) is 6.54 Å². The molecule has 0 amide bonds. The first-order valence-corrected chi connectivity index (χ1v) is 5.39. The predicted octanol–water partition coefficient (Wildman–Crippen LogP) is 1.41. The number of phenolic OH excluding ortho intramolecular Hbond substituents is 1. The second-order valence-corrected chi connectivity index (χ2v) is 4.16. The molecule has 16 heavy (non-hydrogen) atoms. The Kier molecular flexibility index (Phi) is 4.22. The van der Waals surface area contributed by atoms with Crippen molar-refractivity contribution in [1.82, 2.24) is 0 Å². The molecule has 1 atom stereocenters. The lowest BCUT2D eigenvalue weighted by molar-refractivity contribution is -0.385. The summed E-state index contributed by atoms with van der Waals surface area (Å²) < 4.78 is 0.254. The average Bonchev–Trinajstić information content (AvgIpc) is 2.21. The molecule has 0 bridgehead atoms. The van der Waals surface area contributed by atoms with Gasteiger partial charge in [-0.05, 0) is 28.9 Å². The van der Waals surface area contributed by atoms with Crippen molar-refractivity contribution in [2.45, 2.75) is 12.5 Å². The highest BCUT2D eigenvalue weighted by molar-refractivity contribution is 9.10. The van der Waals surface area contributed by atoms with Gasteiger partial charge >= 0.3 is 0 Å². The van der Waals surface area contributed by atoms with Gasteiger partial charge in [-0.25, -0.2) is 0 Å². The number of hydrogen-bond donors (Lipinski definition) is 3. The lowest BCUT2D eigenvalue weighted by atomic mass is 10.0. The van der Waals surface area contributed by atoms with Gasteiger partial charge in [0.05, 0.1) is 9.40 Å². The maximum absolute atomic E-state index is 10.6. The molecule has 0 saturated heterocycles. The van der Waals surface area contributed by atoms with Gasteiger partial charge in [-0.1, -0.05) is 0 Å². The van der Waals surface area contributed by atoms with E-state index in [2.05, 4.69) is 15.9 Å². The van der Waals surface area contributed by atoms with Crippen LogP contribution in [0.15, 0.2) is 16.6 Å². The zero-order valence-electron chi connectivity index (χ0n) is 8.39. The lowest BCUT2D eigenvalue weighted by Gasteiger charge is -2.13. The van der Waals surface area contributed by atoms with E-state index in [4.69, 9.17) is 11.5 Å². The molecule has 1 rings (SSSR count). The smallest absolute Gasteiger partial charge is 0.271 e. The summed E-state index contributed by atoms with van der Waals surface area (Å²) in [5, 5.41) is 20.3. The van der Waals surface area contributed by atoms with E-state index in [0.29, 0.717) is 18.5 Å². The van der Waals surface area contributed by atoms with E-state index in [1.54, 1.807) is 0 Å². The van der Waals surface area contributed by atoms with Crippen LogP contribution in [0.3, 0.4) is 0 Å². The summed E-state index contributed by atoms with van der Waals surface area (Å²) >= 11 is 3.04. The monoisotopic (exact) mass is 289 g/mol. The van der Waals surface area contributed by atoms with Gasteiger partial charge in [-0.2, -0.15) is 0 Å². The molecule has 5 N–H and O–H groups in total. The summed E-state index contributed by atoms with van der Waals surface area (Å²) in [4.78, 5) is 10.1. The van der Waals surface area contributed by atoms with Crippen molar-refractivity contribution in [3.8, 4) is 5.75 Å². The highest BCUT2D eigenvalue weighted by Crippen LogP contribution is 2.35. The number of non-ortho nitro benzene ring substituents is 1. The van der Waals surface area contributed by atoms with Gasteiger partial charge in [0.25, 0.3) is 5.69 Å². The Bertz CT molecular complexity index is 411. The van der Waals surface area contributed by atoms with Gasteiger partial charge in [0, 0.05) is 23.7 Å². The first-order chi connectivity index (χ1) is 7.47. The fourth-order valence-corrected chi connectivity index (χ4v) is 1.79. The molecule has 88 valence electrons. The van der Waals surface area contributed by atoms with E-state index >= 15 is 0 Å². The Balaban J connectivity index is 3.21. The van der Waals surface area contributed by atoms with E-state index in [1.165, 1.54) is 12.1 Å². The molecule has 1 aromatic carbocycles. The van der Waals surface area contributed by atoms with Crippen LogP contribution in [0.25, 0.3) is 0 Å². The summed E-state index contributed by atoms with van der Waals surface area (Å²) in [6.45, 7) is 0.348. The van der Waals surface area contributed by atoms with Crippen molar-refractivity contribution in [3.05, 3.63) is 32.3 Å². The summed E-state index contributed by atoms with van der Waals surface area (Å²) in [5.74, 6) is -0.0773. The van der Waals surface area contributed by atoms with Crippen molar-refractivity contribution in [3.63, 3.8) is 0 Å². The number of phenols is 1. The molecule has 0 radical (unpaired) electrons. The topological polar surface area (TPSA) is 115 Å². The number of aromatic hydroxyl groups is 1. The molecule has 6 nitrogen and oxygen atoms in total. The quantitative estimate of drug-likeness (QED) is 0.572. The molecule has 0 aliphatic heterocycles. The first-order valence-electron chi connectivity index (χ1n) is 4.59. The third-order valence-corrected chi connectivity index (χ3v) is 2.77.